The predicted molar refractivity (Wildman–Crippen MR) is 101 cm³/mol. The van der Waals surface area contributed by atoms with Crippen molar-refractivity contribution < 1.29 is 9.21 Å². The Balaban J connectivity index is 1.71. The summed E-state index contributed by atoms with van der Waals surface area (Å²) in [4.78, 5) is 16.8. The van der Waals surface area contributed by atoms with E-state index in [2.05, 4.69) is 28.5 Å². The maximum Gasteiger partial charge on any atom is 0.229 e. The van der Waals surface area contributed by atoms with Gasteiger partial charge in [-0.15, -0.1) is 0 Å². The van der Waals surface area contributed by atoms with Crippen molar-refractivity contribution in [2.24, 2.45) is 5.92 Å². The van der Waals surface area contributed by atoms with Gasteiger partial charge in [0, 0.05) is 6.42 Å². The number of fused-ring (bicyclic) bond motifs is 1. The highest BCUT2D eigenvalue weighted by molar-refractivity contribution is 7.11. The van der Waals surface area contributed by atoms with Crippen LogP contribution in [0.3, 0.4) is 0 Å². The molecule has 0 saturated carbocycles. The number of aromatic nitrogens is 2. The molecule has 0 saturated heterocycles. The molecular formula is C18H20ClN3O2S. The van der Waals surface area contributed by atoms with Gasteiger partial charge in [0.25, 0.3) is 0 Å². The molecule has 1 amide bonds. The molecule has 5 nitrogen and oxygen atoms in total. The van der Waals surface area contributed by atoms with Crippen LogP contribution in [-0.4, -0.2) is 15.3 Å². The van der Waals surface area contributed by atoms with E-state index in [1.165, 1.54) is 11.5 Å². The third-order valence-electron chi connectivity index (χ3n) is 3.73. The number of carbonyl (C=O) groups excluding carboxylic acids is 1. The summed E-state index contributed by atoms with van der Waals surface area (Å²) in [6.07, 6.45) is 1.79. The molecule has 0 radical (unpaired) electrons. The minimum absolute atomic E-state index is 0.126. The smallest absolute Gasteiger partial charge is 0.229 e. The van der Waals surface area contributed by atoms with Gasteiger partial charge in [-0.3, -0.25) is 4.79 Å². The van der Waals surface area contributed by atoms with Gasteiger partial charge in [-0.05, 0) is 41.6 Å². The summed E-state index contributed by atoms with van der Waals surface area (Å²) in [6, 6.07) is 5.65. The minimum Gasteiger partial charge on any atom is -0.441 e. The molecule has 3 rings (SSSR count). The lowest BCUT2D eigenvalue weighted by Crippen LogP contribution is -2.13. The molecule has 2 aromatic heterocycles. The van der Waals surface area contributed by atoms with Crippen molar-refractivity contribution in [2.45, 2.75) is 40.0 Å². The van der Waals surface area contributed by atoms with Gasteiger partial charge in [-0.2, -0.15) is 4.37 Å². The van der Waals surface area contributed by atoms with Crippen molar-refractivity contribution in [3.05, 3.63) is 40.4 Å². The van der Waals surface area contributed by atoms with Crippen molar-refractivity contribution in [3.8, 4) is 0 Å². The molecule has 2 heterocycles. The Morgan fingerprint density at radius 2 is 2.20 bits per heavy atom. The summed E-state index contributed by atoms with van der Waals surface area (Å²) in [5, 5.41) is 3.97. The number of anilines is 1. The average molecular weight is 378 g/mol. The lowest BCUT2D eigenvalue weighted by atomic mass is 10.1. The standard InChI is InChI=1S/C18H20ClN3O2S/c1-4-12-17(19)18(25-22-12)21-15(23)9-11-5-6-14-13(8-11)20-16(24-14)7-10(2)3/h5-6,8,10H,4,7,9H2,1-3H3,(H,21,23). The molecule has 0 aliphatic heterocycles. The van der Waals surface area contributed by atoms with Gasteiger partial charge in [0.15, 0.2) is 11.5 Å². The maximum atomic E-state index is 12.3. The van der Waals surface area contributed by atoms with Crippen LogP contribution in [-0.2, 0) is 24.1 Å². The van der Waals surface area contributed by atoms with Crippen LogP contribution in [0.25, 0.3) is 11.1 Å². The van der Waals surface area contributed by atoms with E-state index in [-0.39, 0.29) is 12.3 Å². The summed E-state index contributed by atoms with van der Waals surface area (Å²) in [6.45, 7) is 6.23. The third-order valence-corrected chi connectivity index (χ3v) is 5.05. The third kappa shape index (κ3) is 4.19. The SMILES string of the molecule is CCc1nsc(NC(=O)Cc2ccc3oc(CC(C)C)nc3c2)c1Cl. The summed E-state index contributed by atoms with van der Waals surface area (Å²) in [7, 11) is 0. The van der Waals surface area contributed by atoms with E-state index >= 15 is 0 Å². The second-order valence-electron chi connectivity index (χ2n) is 6.36. The Labute approximate surface area is 155 Å². The van der Waals surface area contributed by atoms with E-state index in [9.17, 15) is 4.79 Å². The molecular weight excluding hydrogens is 358 g/mol. The molecule has 0 bridgehead atoms. The van der Waals surface area contributed by atoms with Crippen LogP contribution in [0.15, 0.2) is 22.6 Å². The summed E-state index contributed by atoms with van der Waals surface area (Å²) in [5.74, 6) is 1.09. The zero-order valence-corrected chi connectivity index (χ0v) is 16.0. The lowest BCUT2D eigenvalue weighted by Gasteiger charge is -2.03. The number of hydrogen-bond acceptors (Lipinski definition) is 5. The van der Waals surface area contributed by atoms with Gasteiger partial charge < -0.3 is 9.73 Å². The Morgan fingerprint density at radius 3 is 2.88 bits per heavy atom. The fraction of sp³-hybridized carbons (Fsp3) is 0.389. The molecule has 0 atom stereocenters. The van der Waals surface area contributed by atoms with E-state index in [0.717, 1.165) is 41.1 Å². The molecule has 0 aliphatic rings. The number of nitrogens with one attached hydrogen (secondary N) is 1. The first-order valence-corrected chi connectivity index (χ1v) is 9.43. The normalized spacial score (nSPS) is 11.4. The number of carbonyl (C=O) groups is 1. The number of rotatable bonds is 6. The molecule has 7 heteroatoms. The number of nitrogens with zero attached hydrogens (tertiary/aromatic N) is 2. The van der Waals surface area contributed by atoms with E-state index < -0.39 is 0 Å². The van der Waals surface area contributed by atoms with Crippen LogP contribution in [0.1, 0.15) is 37.9 Å². The fourth-order valence-electron chi connectivity index (χ4n) is 2.53. The first-order valence-electron chi connectivity index (χ1n) is 8.28. The second kappa shape index (κ2) is 7.54. The van der Waals surface area contributed by atoms with Crippen molar-refractivity contribution in [1.82, 2.24) is 9.36 Å². The van der Waals surface area contributed by atoms with Crippen LogP contribution in [0.5, 0.6) is 0 Å². The monoisotopic (exact) mass is 377 g/mol. The summed E-state index contributed by atoms with van der Waals surface area (Å²) in [5.41, 5.74) is 3.22. The van der Waals surface area contributed by atoms with Crippen molar-refractivity contribution in [1.29, 1.82) is 0 Å². The quantitative estimate of drug-likeness (QED) is 0.664. The molecule has 132 valence electrons. The number of oxazole rings is 1. The molecule has 0 unspecified atom stereocenters. The highest BCUT2D eigenvalue weighted by atomic mass is 35.5. The predicted octanol–water partition coefficient (Wildman–Crippen LogP) is 4.88. The Kier molecular flexibility index (Phi) is 5.39. The Hall–Kier alpha value is -1.92. The van der Waals surface area contributed by atoms with Crippen LogP contribution in [0.2, 0.25) is 5.02 Å². The van der Waals surface area contributed by atoms with E-state index in [4.69, 9.17) is 16.0 Å². The number of amides is 1. The largest absolute Gasteiger partial charge is 0.441 e. The van der Waals surface area contributed by atoms with Crippen LogP contribution in [0.4, 0.5) is 5.00 Å². The average Bonchev–Trinajstić information content (AvgIpc) is 3.09. The topological polar surface area (TPSA) is 68.0 Å². The molecule has 0 spiro atoms. The van der Waals surface area contributed by atoms with Gasteiger partial charge >= 0.3 is 0 Å². The minimum atomic E-state index is -0.126. The van der Waals surface area contributed by atoms with Crippen molar-refractivity contribution in [3.63, 3.8) is 0 Å². The zero-order chi connectivity index (χ0) is 18.0. The molecule has 1 aromatic carbocycles. The summed E-state index contributed by atoms with van der Waals surface area (Å²) >= 11 is 7.41. The van der Waals surface area contributed by atoms with Crippen LogP contribution >= 0.6 is 23.1 Å². The van der Waals surface area contributed by atoms with E-state index in [1.807, 2.05) is 25.1 Å². The van der Waals surface area contributed by atoms with Gasteiger partial charge in [0.1, 0.15) is 10.5 Å². The summed E-state index contributed by atoms with van der Waals surface area (Å²) < 4.78 is 9.96. The van der Waals surface area contributed by atoms with E-state index in [0.29, 0.717) is 15.9 Å². The lowest BCUT2D eigenvalue weighted by molar-refractivity contribution is -0.115. The second-order valence-corrected chi connectivity index (χ2v) is 7.51. The van der Waals surface area contributed by atoms with Gasteiger partial charge in [0.2, 0.25) is 5.91 Å². The van der Waals surface area contributed by atoms with Crippen LogP contribution in [0, 0.1) is 5.92 Å². The first kappa shape index (κ1) is 17.9. The highest BCUT2D eigenvalue weighted by Crippen LogP contribution is 2.30. The number of hydrogen-bond donors (Lipinski definition) is 1. The Morgan fingerprint density at radius 1 is 1.40 bits per heavy atom. The Bertz CT molecular complexity index is 901. The molecule has 0 aliphatic carbocycles. The van der Waals surface area contributed by atoms with Crippen LogP contribution < -0.4 is 5.32 Å². The van der Waals surface area contributed by atoms with Crippen molar-refractivity contribution >= 4 is 45.1 Å². The molecule has 3 aromatic rings. The van der Waals surface area contributed by atoms with Crippen molar-refractivity contribution in [2.75, 3.05) is 5.32 Å². The van der Waals surface area contributed by atoms with E-state index in [1.54, 1.807) is 0 Å². The van der Waals surface area contributed by atoms with Gasteiger partial charge in [0.05, 0.1) is 17.1 Å². The van der Waals surface area contributed by atoms with Gasteiger partial charge in [-0.1, -0.05) is 38.4 Å². The number of halogens is 1. The first-order chi connectivity index (χ1) is 12.0. The van der Waals surface area contributed by atoms with Gasteiger partial charge in [-0.25, -0.2) is 4.98 Å². The zero-order valence-electron chi connectivity index (χ0n) is 14.4. The molecule has 25 heavy (non-hydrogen) atoms. The highest BCUT2D eigenvalue weighted by Gasteiger charge is 2.14. The number of benzene rings is 1. The molecule has 1 N–H and O–H groups in total. The number of aryl methyl sites for hydroxylation is 1. The fourth-order valence-corrected chi connectivity index (χ4v) is 3.69. The molecule has 0 fully saturated rings. The maximum absolute atomic E-state index is 12.3.